The lowest BCUT2D eigenvalue weighted by atomic mass is 10.2. The fourth-order valence-corrected chi connectivity index (χ4v) is 3.59. The van der Waals surface area contributed by atoms with Crippen molar-refractivity contribution in [3.05, 3.63) is 35.0 Å². The second-order valence-electron chi connectivity index (χ2n) is 7.37. The number of carbonyl (C=O) groups is 1. The number of nitrogens with zero attached hydrogens (tertiary/aromatic N) is 7. The van der Waals surface area contributed by atoms with Crippen molar-refractivity contribution in [3.63, 3.8) is 0 Å². The molecule has 2 aliphatic heterocycles. The van der Waals surface area contributed by atoms with E-state index in [9.17, 15) is 9.59 Å². The monoisotopic (exact) mass is 399 g/mol. The van der Waals surface area contributed by atoms with Crippen LogP contribution in [-0.2, 0) is 16.6 Å². The Balaban J connectivity index is 1.56. The summed E-state index contributed by atoms with van der Waals surface area (Å²) in [6, 6.07) is 3.17. The number of morpholine rings is 1. The Morgan fingerprint density at radius 3 is 2.66 bits per heavy atom. The number of carbonyl (C=O) groups excluding carboxylic acids is 1. The number of aromatic nitrogens is 4. The van der Waals surface area contributed by atoms with Crippen molar-refractivity contribution in [3.8, 4) is 11.4 Å². The molecular weight excluding hydrogens is 374 g/mol. The van der Waals surface area contributed by atoms with Gasteiger partial charge in [0.05, 0.1) is 24.5 Å². The van der Waals surface area contributed by atoms with Gasteiger partial charge in [0.15, 0.2) is 6.10 Å². The van der Waals surface area contributed by atoms with Crippen molar-refractivity contribution >= 4 is 11.9 Å². The molecule has 10 heteroatoms. The lowest BCUT2D eigenvalue weighted by Crippen LogP contribution is -2.55. The standard InChI is InChI=1S/C19H25N7O3/c1-23-5-7-25(8-6-23)18(28)16-12-26(9-10-29-16)19-22-15(11-17(27)24(19)2)14-3-4-20-13-21-14/h3-4,11,13,16H,5-10,12H2,1-2H3. The fourth-order valence-electron chi connectivity index (χ4n) is 3.59. The normalized spacial score (nSPS) is 20.7. The highest BCUT2D eigenvalue weighted by Gasteiger charge is 2.32. The molecule has 4 heterocycles. The van der Waals surface area contributed by atoms with E-state index in [1.54, 1.807) is 19.3 Å². The summed E-state index contributed by atoms with van der Waals surface area (Å²) in [5.74, 6) is 0.505. The predicted octanol–water partition coefficient (Wildman–Crippen LogP) is -0.783. The topological polar surface area (TPSA) is 96.7 Å². The van der Waals surface area contributed by atoms with Crippen molar-refractivity contribution in [2.75, 3.05) is 57.8 Å². The summed E-state index contributed by atoms with van der Waals surface area (Å²) in [7, 11) is 3.73. The SMILES string of the molecule is CN1CCN(C(=O)C2CN(c3nc(-c4ccncn4)cc(=O)n3C)CCO2)CC1. The average molecular weight is 399 g/mol. The maximum absolute atomic E-state index is 12.9. The van der Waals surface area contributed by atoms with Crippen molar-refractivity contribution in [1.82, 2.24) is 29.3 Å². The number of hydrogen-bond donors (Lipinski definition) is 0. The minimum absolute atomic E-state index is 0.000227. The molecule has 0 spiro atoms. The molecule has 1 atom stereocenters. The molecule has 0 radical (unpaired) electrons. The van der Waals surface area contributed by atoms with E-state index in [1.165, 1.54) is 17.0 Å². The van der Waals surface area contributed by atoms with Crippen LogP contribution >= 0.6 is 0 Å². The van der Waals surface area contributed by atoms with Gasteiger partial charge in [-0.15, -0.1) is 0 Å². The summed E-state index contributed by atoms with van der Waals surface area (Å²) in [4.78, 5) is 44.2. The van der Waals surface area contributed by atoms with Crippen LogP contribution in [0.5, 0.6) is 0 Å². The van der Waals surface area contributed by atoms with Gasteiger partial charge < -0.3 is 19.4 Å². The molecule has 2 aromatic heterocycles. The second-order valence-corrected chi connectivity index (χ2v) is 7.37. The first-order valence-corrected chi connectivity index (χ1v) is 9.71. The Kier molecular flexibility index (Phi) is 5.54. The van der Waals surface area contributed by atoms with E-state index in [4.69, 9.17) is 4.74 Å². The summed E-state index contributed by atoms with van der Waals surface area (Å²) in [6.45, 7) is 4.44. The van der Waals surface area contributed by atoms with Crippen molar-refractivity contribution < 1.29 is 9.53 Å². The van der Waals surface area contributed by atoms with Crippen LogP contribution in [0.1, 0.15) is 0 Å². The zero-order chi connectivity index (χ0) is 20.4. The summed E-state index contributed by atoms with van der Waals surface area (Å²) in [6.07, 6.45) is 2.47. The molecule has 1 unspecified atom stereocenters. The summed E-state index contributed by atoms with van der Waals surface area (Å²) in [5, 5.41) is 0. The van der Waals surface area contributed by atoms with E-state index in [2.05, 4.69) is 26.9 Å². The third-order valence-corrected chi connectivity index (χ3v) is 5.40. The van der Waals surface area contributed by atoms with Crippen LogP contribution in [0.25, 0.3) is 11.4 Å². The minimum atomic E-state index is -0.563. The number of ether oxygens (including phenoxy) is 1. The van der Waals surface area contributed by atoms with Crippen LogP contribution in [0.4, 0.5) is 5.95 Å². The number of anilines is 1. The molecule has 0 aromatic carbocycles. The van der Waals surface area contributed by atoms with E-state index in [1.807, 2.05) is 9.80 Å². The highest BCUT2D eigenvalue weighted by atomic mass is 16.5. The maximum Gasteiger partial charge on any atom is 0.255 e. The van der Waals surface area contributed by atoms with E-state index in [0.717, 1.165) is 13.1 Å². The first kappa shape index (κ1) is 19.5. The van der Waals surface area contributed by atoms with Gasteiger partial charge >= 0.3 is 0 Å². The van der Waals surface area contributed by atoms with Crippen LogP contribution in [0, 0.1) is 0 Å². The zero-order valence-electron chi connectivity index (χ0n) is 16.7. The molecule has 29 heavy (non-hydrogen) atoms. The molecule has 2 saturated heterocycles. The Morgan fingerprint density at radius 2 is 1.93 bits per heavy atom. The molecular formula is C19H25N7O3. The largest absolute Gasteiger partial charge is 0.365 e. The minimum Gasteiger partial charge on any atom is -0.365 e. The van der Waals surface area contributed by atoms with Gasteiger partial charge in [0.1, 0.15) is 6.33 Å². The zero-order valence-corrected chi connectivity index (χ0v) is 16.7. The van der Waals surface area contributed by atoms with Crippen LogP contribution in [-0.4, -0.2) is 94.3 Å². The van der Waals surface area contributed by atoms with Crippen molar-refractivity contribution in [1.29, 1.82) is 0 Å². The number of rotatable bonds is 3. The highest BCUT2D eigenvalue weighted by Crippen LogP contribution is 2.19. The number of likely N-dealkylation sites (N-methyl/N-ethyl adjacent to an activating group) is 1. The van der Waals surface area contributed by atoms with Gasteiger partial charge in [-0.25, -0.2) is 15.0 Å². The Labute approximate surface area is 168 Å². The van der Waals surface area contributed by atoms with Crippen molar-refractivity contribution in [2.24, 2.45) is 7.05 Å². The quantitative estimate of drug-likeness (QED) is 0.663. The van der Waals surface area contributed by atoms with E-state index in [0.29, 0.717) is 50.1 Å². The van der Waals surface area contributed by atoms with Crippen LogP contribution in [0.15, 0.2) is 29.5 Å². The molecule has 10 nitrogen and oxygen atoms in total. The third-order valence-electron chi connectivity index (χ3n) is 5.40. The van der Waals surface area contributed by atoms with Crippen LogP contribution in [0.3, 0.4) is 0 Å². The summed E-state index contributed by atoms with van der Waals surface area (Å²) in [5.41, 5.74) is 0.883. The summed E-state index contributed by atoms with van der Waals surface area (Å²) < 4.78 is 7.27. The molecule has 2 aliphatic rings. The molecule has 0 bridgehead atoms. The van der Waals surface area contributed by atoms with E-state index >= 15 is 0 Å². The van der Waals surface area contributed by atoms with Gasteiger partial charge in [0, 0.05) is 52.0 Å². The predicted molar refractivity (Wildman–Crippen MR) is 107 cm³/mol. The summed E-state index contributed by atoms with van der Waals surface area (Å²) >= 11 is 0. The van der Waals surface area contributed by atoms with Gasteiger partial charge in [-0.1, -0.05) is 0 Å². The van der Waals surface area contributed by atoms with Gasteiger partial charge in [-0.3, -0.25) is 14.2 Å². The Hall–Kier alpha value is -2.85. The molecule has 1 amide bonds. The molecule has 0 N–H and O–H groups in total. The van der Waals surface area contributed by atoms with Gasteiger partial charge in [-0.2, -0.15) is 0 Å². The molecule has 4 rings (SSSR count). The van der Waals surface area contributed by atoms with Crippen molar-refractivity contribution in [2.45, 2.75) is 6.10 Å². The molecule has 2 aromatic rings. The molecule has 154 valence electrons. The number of piperazine rings is 1. The van der Waals surface area contributed by atoms with Gasteiger partial charge in [0.2, 0.25) is 5.95 Å². The van der Waals surface area contributed by atoms with Crippen LogP contribution in [0.2, 0.25) is 0 Å². The first-order valence-electron chi connectivity index (χ1n) is 9.71. The number of hydrogen-bond acceptors (Lipinski definition) is 8. The molecule has 0 saturated carbocycles. The Morgan fingerprint density at radius 1 is 1.14 bits per heavy atom. The lowest BCUT2D eigenvalue weighted by Gasteiger charge is -2.38. The lowest BCUT2D eigenvalue weighted by molar-refractivity contribution is -0.146. The first-order chi connectivity index (χ1) is 14.0. The van der Waals surface area contributed by atoms with Gasteiger partial charge in [-0.05, 0) is 13.1 Å². The maximum atomic E-state index is 12.9. The smallest absolute Gasteiger partial charge is 0.255 e. The van der Waals surface area contributed by atoms with Gasteiger partial charge in [0.25, 0.3) is 11.5 Å². The fraction of sp³-hybridized carbons (Fsp3) is 0.526. The molecule has 2 fully saturated rings. The van der Waals surface area contributed by atoms with E-state index < -0.39 is 6.10 Å². The highest BCUT2D eigenvalue weighted by molar-refractivity contribution is 5.82. The van der Waals surface area contributed by atoms with Crippen LogP contribution < -0.4 is 10.5 Å². The number of amides is 1. The second kappa shape index (κ2) is 8.26. The molecule has 0 aliphatic carbocycles. The Bertz CT molecular complexity index is 925. The third kappa shape index (κ3) is 4.13. The van der Waals surface area contributed by atoms with E-state index in [-0.39, 0.29) is 11.5 Å². The average Bonchev–Trinajstić information content (AvgIpc) is 2.76.